The van der Waals surface area contributed by atoms with Gasteiger partial charge in [-0.15, -0.1) is 0 Å². The van der Waals surface area contributed by atoms with Crippen molar-refractivity contribution in [2.24, 2.45) is 0 Å². The molecule has 0 bridgehead atoms. The van der Waals surface area contributed by atoms with E-state index in [0.717, 1.165) is 35.7 Å². The van der Waals surface area contributed by atoms with E-state index in [1.165, 1.54) is 12.8 Å². The molecule has 2 atom stereocenters. The molecule has 5 rings (SSSR count). The van der Waals surface area contributed by atoms with Crippen LogP contribution in [0.2, 0.25) is 0 Å². The van der Waals surface area contributed by atoms with Crippen molar-refractivity contribution in [1.82, 2.24) is 4.90 Å². The van der Waals surface area contributed by atoms with Crippen molar-refractivity contribution in [3.8, 4) is 17.2 Å². The van der Waals surface area contributed by atoms with Crippen LogP contribution in [0.15, 0.2) is 48.5 Å². The number of rotatable bonds is 4. The smallest absolute Gasteiger partial charge is 0.267 e. The third-order valence-corrected chi connectivity index (χ3v) is 5.55. The molecule has 134 valence electrons. The van der Waals surface area contributed by atoms with Crippen LogP contribution in [-0.2, 0) is 4.79 Å². The number of carbonyl (C=O) groups excluding carboxylic acids is 1. The number of ether oxygens (including phenoxy) is 3. The Morgan fingerprint density at radius 1 is 0.962 bits per heavy atom. The molecule has 1 aliphatic carbocycles. The summed E-state index contributed by atoms with van der Waals surface area (Å²) in [4.78, 5) is 14.9. The van der Waals surface area contributed by atoms with E-state index >= 15 is 0 Å². The van der Waals surface area contributed by atoms with E-state index in [4.69, 9.17) is 14.2 Å². The van der Waals surface area contributed by atoms with Crippen molar-refractivity contribution in [3.05, 3.63) is 54.1 Å². The Morgan fingerprint density at radius 2 is 1.73 bits per heavy atom. The maximum absolute atomic E-state index is 12.9. The molecule has 2 aromatic carbocycles. The lowest BCUT2D eigenvalue weighted by atomic mass is 9.87. The molecule has 0 radical (unpaired) electrons. The van der Waals surface area contributed by atoms with Crippen LogP contribution in [0.1, 0.15) is 37.3 Å². The van der Waals surface area contributed by atoms with Crippen LogP contribution in [0.4, 0.5) is 0 Å². The van der Waals surface area contributed by atoms with Gasteiger partial charge in [0.25, 0.3) is 5.91 Å². The van der Waals surface area contributed by atoms with E-state index in [-0.39, 0.29) is 18.7 Å². The van der Waals surface area contributed by atoms with E-state index < -0.39 is 6.10 Å². The topological polar surface area (TPSA) is 48.0 Å². The van der Waals surface area contributed by atoms with Crippen molar-refractivity contribution in [2.45, 2.75) is 43.9 Å². The van der Waals surface area contributed by atoms with E-state index in [1.807, 2.05) is 53.4 Å². The summed E-state index contributed by atoms with van der Waals surface area (Å²) < 4.78 is 17.0. The lowest BCUT2D eigenvalue weighted by Crippen LogP contribution is -2.64. The van der Waals surface area contributed by atoms with Gasteiger partial charge in [-0.1, -0.05) is 37.1 Å². The summed E-state index contributed by atoms with van der Waals surface area (Å²) >= 11 is 0. The van der Waals surface area contributed by atoms with E-state index in [0.29, 0.717) is 6.04 Å². The number of hydrogen-bond donors (Lipinski definition) is 0. The first-order valence-electron chi connectivity index (χ1n) is 9.25. The average molecular weight is 351 g/mol. The summed E-state index contributed by atoms with van der Waals surface area (Å²) in [5.74, 6) is 2.31. The van der Waals surface area contributed by atoms with Crippen LogP contribution in [-0.4, -0.2) is 29.7 Å². The molecule has 0 spiro atoms. The van der Waals surface area contributed by atoms with Crippen LogP contribution in [0.5, 0.6) is 17.2 Å². The molecule has 26 heavy (non-hydrogen) atoms. The molecule has 0 aromatic heterocycles. The standard InChI is InChI=1S/C21H21NO4/c23-21-20(26-16-8-2-1-3-9-16)19(22(21)15-6-4-5-7-15)14-10-11-17-18(12-14)25-13-24-17/h1-3,8-12,15,19-20H,4-7,13H2/t19-,20-/m0/s1. The Balaban J connectivity index is 1.47. The number of nitrogens with zero attached hydrogens (tertiary/aromatic N) is 1. The quantitative estimate of drug-likeness (QED) is 0.788. The normalized spacial score (nSPS) is 24.6. The first-order valence-corrected chi connectivity index (χ1v) is 9.25. The summed E-state index contributed by atoms with van der Waals surface area (Å²) in [5.41, 5.74) is 1.04. The number of hydrogen-bond acceptors (Lipinski definition) is 4. The van der Waals surface area contributed by atoms with E-state index in [2.05, 4.69) is 0 Å². The van der Waals surface area contributed by atoms with Crippen molar-refractivity contribution in [3.63, 3.8) is 0 Å². The molecule has 1 amide bonds. The van der Waals surface area contributed by atoms with Gasteiger partial charge in [-0.25, -0.2) is 0 Å². The molecule has 2 aliphatic heterocycles. The number of carbonyl (C=O) groups is 1. The maximum Gasteiger partial charge on any atom is 0.267 e. The predicted molar refractivity (Wildman–Crippen MR) is 95.3 cm³/mol. The fourth-order valence-corrected chi connectivity index (χ4v) is 4.27. The van der Waals surface area contributed by atoms with Gasteiger partial charge < -0.3 is 19.1 Å². The average Bonchev–Trinajstić information content (AvgIpc) is 3.35. The largest absolute Gasteiger partial charge is 0.478 e. The molecule has 3 aliphatic rings. The van der Waals surface area contributed by atoms with Gasteiger partial charge >= 0.3 is 0 Å². The number of fused-ring (bicyclic) bond motifs is 1. The number of benzene rings is 2. The number of β-lactam (4-membered cyclic amide) rings is 1. The fraction of sp³-hybridized carbons (Fsp3) is 0.381. The third kappa shape index (κ3) is 2.50. The van der Waals surface area contributed by atoms with Crippen LogP contribution >= 0.6 is 0 Å². The van der Waals surface area contributed by atoms with Gasteiger partial charge in [0.05, 0.1) is 0 Å². The Labute approximate surface area is 152 Å². The minimum Gasteiger partial charge on any atom is -0.478 e. The Kier molecular flexibility index (Phi) is 3.73. The second kappa shape index (κ2) is 6.24. The predicted octanol–water partition coefficient (Wildman–Crippen LogP) is 3.69. The molecule has 2 fully saturated rings. The Hall–Kier alpha value is -2.69. The lowest BCUT2D eigenvalue weighted by molar-refractivity contribution is -0.169. The highest BCUT2D eigenvalue weighted by atomic mass is 16.7. The summed E-state index contributed by atoms with van der Waals surface area (Å²) in [6.45, 7) is 0.249. The summed E-state index contributed by atoms with van der Waals surface area (Å²) in [6, 6.07) is 15.7. The third-order valence-electron chi connectivity index (χ3n) is 5.55. The van der Waals surface area contributed by atoms with Crippen LogP contribution in [0.3, 0.4) is 0 Å². The van der Waals surface area contributed by atoms with Crippen molar-refractivity contribution < 1.29 is 19.0 Å². The molecule has 5 nitrogen and oxygen atoms in total. The fourth-order valence-electron chi connectivity index (χ4n) is 4.27. The van der Waals surface area contributed by atoms with E-state index in [9.17, 15) is 4.79 Å². The van der Waals surface area contributed by atoms with Crippen LogP contribution < -0.4 is 14.2 Å². The number of amides is 1. The minimum absolute atomic E-state index is 0.0830. The zero-order valence-electron chi connectivity index (χ0n) is 14.5. The molecule has 1 saturated carbocycles. The second-order valence-electron chi connectivity index (χ2n) is 7.09. The van der Waals surface area contributed by atoms with Gasteiger partial charge in [-0.3, -0.25) is 4.79 Å². The first-order chi connectivity index (χ1) is 12.8. The number of likely N-dealkylation sites (tertiary alicyclic amines) is 1. The van der Waals surface area contributed by atoms with Crippen molar-refractivity contribution in [2.75, 3.05) is 6.79 Å². The van der Waals surface area contributed by atoms with Gasteiger partial charge in [0.15, 0.2) is 11.5 Å². The highest BCUT2D eigenvalue weighted by molar-refractivity contribution is 5.89. The number of para-hydroxylation sites is 1. The molecular formula is C21H21NO4. The highest BCUT2D eigenvalue weighted by Gasteiger charge is 2.53. The monoisotopic (exact) mass is 351 g/mol. The molecule has 2 aromatic rings. The zero-order valence-corrected chi connectivity index (χ0v) is 14.5. The highest BCUT2D eigenvalue weighted by Crippen LogP contribution is 2.45. The summed E-state index contributed by atoms with van der Waals surface area (Å²) in [5, 5.41) is 0. The van der Waals surface area contributed by atoms with Gasteiger partial charge in [-0.05, 0) is 42.7 Å². The van der Waals surface area contributed by atoms with Gasteiger partial charge in [0.2, 0.25) is 12.9 Å². The Morgan fingerprint density at radius 3 is 2.54 bits per heavy atom. The minimum atomic E-state index is -0.488. The van der Waals surface area contributed by atoms with Gasteiger partial charge in [0.1, 0.15) is 11.8 Å². The first kappa shape index (κ1) is 15.6. The molecular weight excluding hydrogens is 330 g/mol. The molecule has 0 unspecified atom stereocenters. The summed E-state index contributed by atoms with van der Waals surface area (Å²) in [6.07, 6.45) is 4.03. The van der Waals surface area contributed by atoms with Gasteiger partial charge in [0, 0.05) is 6.04 Å². The molecule has 2 heterocycles. The lowest BCUT2D eigenvalue weighted by Gasteiger charge is -2.50. The Bertz CT molecular complexity index is 816. The zero-order chi connectivity index (χ0) is 17.5. The van der Waals surface area contributed by atoms with Crippen LogP contribution in [0, 0.1) is 0 Å². The van der Waals surface area contributed by atoms with Crippen molar-refractivity contribution in [1.29, 1.82) is 0 Å². The molecule has 0 N–H and O–H groups in total. The molecule has 1 saturated heterocycles. The van der Waals surface area contributed by atoms with Gasteiger partial charge in [-0.2, -0.15) is 0 Å². The molecule has 5 heteroatoms. The van der Waals surface area contributed by atoms with Crippen molar-refractivity contribution >= 4 is 5.91 Å². The second-order valence-corrected chi connectivity index (χ2v) is 7.09. The SMILES string of the molecule is O=C1[C@@H](Oc2ccccc2)[C@H](c2ccc3c(c2)OCO3)N1C1CCCC1. The van der Waals surface area contributed by atoms with E-state index in [1.54, 1.807) is 0 Å². The van der Waals surface area contributed by atoms with Crippen LogP contribution in [0.25, 0.3) is 0 Å². The summed E-state index contributed by atoms with van der Waals surface area (Å²) in [7, 11) is 0. The maximum atomic E-state index is 12.9.